The standard InChI is InChI=1S/C67H42N4S2/c1-3-4-23-43-40(2)72-66-47(43)27-17-31-57(66)68(41-19-7-5-8-20-41)55-36-34-45-51-38-60-52(39-59(51)70-53-29-14-11-25-49(53)62(55)64(45)70)46-35-37-56(63-50-26-12-15-30-54(50)71(60)65(46)63)69(42-21-9-6-10-22-42)58-32-18-28-48-44-24-13-16-33-61(44)73-67(48)58/h3-39H,1H2,2H3/b23-4-. The molecule has 0 aliphatic rings. The van der Waals surface area contributed by atoms with Crippen LogP contribution in [0.15, 0.2) is 225 Å². The lowest BCUT2D eigenvalue weighted by Crippen LogP contribution is -2.10. The molecule has 0 spiro atoms. The van der Waals surface area contributed by atoms with Gasteiger partial charge in [0, 0.05) is 80.2 Å². The Balaban J connectivity index is 0.976. The normalized spacial score (nSPS) is 12.5. The van der Waals surface area contributed by atoms with E-state index in [1.807, 2.05) is 34.8 Å². The Morgan fingerprint density at radius 1 is 0.397 bits per heavy atom. The van der Waals surface area contributed by atoms with Gasteiger partial charge < -0.3 is 18.6 Å². The number of benzene rings is 10. The van der Waals surface area contributed by atoms with Crippen molar-refractivity contribution >= 4 is 169 Å². The SMILES string of the molecule is C=C/C=C\c1c(C)sc2c(N(c3ccccc3)c3ccc4c5cc6c(cc5n5c7ccccc7c3c45)c3ccc(N(c4ccccc4)c4cccc5c4sc4ccccc45)c4c5ccccc5n6c34)cccc12. The summed E-state index contributed by atoms with van der Waals surface area (Å²) in [5.74, 6) is 0. The van der Waals surface area contributed by atoms with Crippen molar-refractivity contribution in [3.05, 3.63) is 235 Å². The zero-order chi connectivity index (χ0) is 48.1. The quantitative estimate of drug-likeness (QED) is 0.141. The minimum atomic E-state index is 1.12. The van der Waals surface area contributed by atoms with E-state index in [-0.39, 0.29) is 0 Å². The maximum absolute atomic E-state index is 3.97. The molecule has 10 aromatic carbocycles. The smallest absolute Gasteiger partial charge is 0.0641 e. The van der Waals surface area contributed by atoms with Crippen molar-refractivity contribution < 1.29 is 0 Å². The zero-order valence-corrected chi connectivity index (χ0v) is 41.3. The van der Waals surface area contributed by atoms with Gasteiger partial charge in [0.15, 0.2) is 0 Å². The Morgan fingerprint density at radius 2 is 0.877 bits per heavy atom. The minimum Gasteiger partial charge on any atom is -0.308 e. The molecule has 16 aromatic rings. The van der Waals surface area contributed by atoms with Gasteiger partial charge in [0.25, 0.3) is 0 Å². The second-order valence-electron chi connectivity index (χ2n) is 19.2. The average Bonchev–Trinajstić information content (AvgIpc) is 4.29. The molecule has 73 heavy (non-hydrogen) atoms. The predicted molar refractivity (Wildman–Crippen MR) is 317 cm³/mol. The topological polar surface area (TPSA) is 15.3 Å². The third-order valence-electron chi connectivity index (χ3n) is 15.5. The van der Waals surface area contributed by atoms with Gasteiger partial charge in [-0.25, -0.2) is 0 Å². The summed E-state index contributed by atoms with van der Waals surface area (Å²) in [6.07, 6.45) is 6.10. The van der Waals surface area contributed by atoms with Crippen LogP contribution >= 0.6 is 22.7 Å². The first kappa shape index (κ1) is 40.8. The van der Waals surface area contributed by atoms with Gasteiger partial charge in [0.2, 0.25) is 0 Å². The lowest BCUT2D eigenvalue weighted by molar-refractivity contribution is 1.32. The van der Waals surface area contributed by atoms with Crippen molar-refractivity contribution in [3.8, 4) is 0 Å². The van der Waals surface area contributed by atoms with Crippen LogP contribution in [0.4, 0.5) is 34.1 Å². The van der Waals surface area contributed by atoms with Crippen LogP contribution in [0, 0.1) is 6.92 Å². The summed E-state index contributed by atoms with van der Waals surface area (Å²) in [6, 6.07) is 76.7. The molecule has 0 atom stereocenters. The Labute approximate surface area is 427 Å². The van der Waals surface area contributed by atoms with Crippen molar-refractivity contribution in [1.82, 2.24) is 8.80 Å². The van der Waals surface area contributed by atoms with E-state index in [4.69, 9.17) is 0 Å². The molecule has 0 saturated carbocycles. The first-order valence-corrected chi connectivity index (χ1v) is 26.5. The molecular formula is C67H42N4S2. The summed E-state index contributed by atoms with van der Waals surface area (Å²) >= 11 is 3.74. The Hall–Kier alpha value is -8.94. The van der Waals surface area contributed by atoms with Crippen LogP contribution < -0.4 is 9.80 Å². The van der Waals surface area contributed by atoms with E-state index in [1.54, 1.807) is 0 Å². The van der Waals surface area contributed by atoms with Gasteiger partial charge in [-0.1, -0.05) is 152 Å². The van der Waals surface area contributed by atoms with Crippen LogP contribution in [0.1, 0.15) is 10.4 Å². The highest BCUT2D eigenvalue weighted by Crippen LogP contribution is 2.53. The number of nitrogens with zero attached hydrogens (tertiary/aromatic N) is 4. The molecule has 4 nitrogen and oxygen atoms in total. The van der Waals surface area contributed by atoms with Crippen molar-refractivity contribution in [2.24, 2.45) is 0 Å². The summed E-state index contributed by atoms with van der Waals surface area (Å²) < 4.78 is 8.95. The summed E-state index contributed by atoms with van der Waals surface area (Å²) in [4.78, 5) is 6.29. The van der Waals surface area contributed by atoms with Crippen molar-refractivity contribution in [2.75, 3.05) is 9.80 Å². The number of hydrogen-bond donors (Lipinski definition) is 0. The third kappa shape index (κ3) is 5.54. The molecular weight excluding hydrogens is 925 g/mol. The second kappa shape index (κ2) is 15.3. The lowest BCUT2D eigenvalue weighted by Gasteiger charge is -2.27. The number of aryl methyl sites for hydroxylation is 1. The Kier molecular flexibility index (Phi) is 8.53. The third-order valence-corrected chi connectivity index (χ3v) is 17.8. The molecule has 0 aliphatic heterocycles. The van der Waals surface area contributed by atoms with Gasteiger partial charge in [0.1, 0.15) is 0 Å². The molecule has 0 saturated heterocycles. The monoisotopic (exact) mass is 966 g/mol. The molecule has 6 aromatic heterocycles. The number of aromatic nitrogens is 2. The second-order valence-corrected chi connectivity index (χ2v) is 21.5. The van der Waals surface area contributed by atoms with Crippen molar-refractivity contribution in [1.29, 1.82) is 0 Å². The number of fused-ring (bicyclic) bond motifs is 16. The van der Waals surface area contributed by atoms with E-state index in [1.165, 1.54) is 134 Å². The van der Waals surface area contributed by atoms with Gasteiger partial charge in [-0.15, -0.1) is 22.7 Å². The maximum atomic E-state index is 3.97. The predicted octanol–water partition coefficient (Wildman–Crippen LogP) is 20.0. The highest BCUT2D eigenvalue weighted by atomic mass is 32.1. The molecule has 342 valence electrons. The molecule has 6 heteroatoms. The number of thiophene rings is 2. The fourth-order valence-corrected chi connectivity index (χ4v) is 14.9. The number of anilines is 6. The molecule has 0 radical (unpaired) electrons. The van der Waals surface area contributed by atoms with Crippen LogP contribution in [0.25, 0.3) is 113 Å². The highest BCUT2D eigenvalue weighted by Gasteiger charge is 2.29. The molecule has 0 N–H and O–H groups in total. The molecule has 0 aliphatic carbocycles. The van der Waals surface area contributed by atoms with Crippen molar-refractivity contribution in [2.45, 2.75) is 6.92 Å². The molecule has 16 rings (SSSR count). The van der Waals surface area contributed by atoms with Crippen LogP contribution in [0.3, 0.4) is 0 Å². The molecule has 6 heterocycles. The minimum absolute atomic E-state index is 1.12. The van der Waals surface area contributed by atoms with E-state index in [0.717, 1.165) is 17.1 Å². The summed E-state index contributed by atoms with van der Waals surface area (Å²) in [5.41, 5.74) is 15.5. The number of para-hydroxylation sites is 4. The summed E-state index contributed by atoms with van der Waals surface area (Å²) in [5, 5.41) is 13.8. The van der Waals surface area contributed by atoms with Gasteiger partial charge in [0.05, 0.1) is 65.2 Å². The highest BCUT2D eigenvalue weighted by molar-refractivity contribution is 7.26. The van der Waals surface area contributed by atoms with Gasteiger partial charge in [-0.2, -0.15) is 0 Å². The molecule has 0 amide bonds. The molecule has 0 unspecified atom stereocenters. The zero-order valence-electron chi connectivity index (χ0n) is 39.7. The first-order valence-electron chi connectivity index (χ1n) is 24.9. The van der Waals surface area contributed by atoms with E-state index in [9.17, 15) is 0 Å². The molecule has 0 bridgehead atoms. The maximum Gasteiger partial charge on any atom is 0.0641 e. The van der Waals surface area contributed by atoms with E-state index < -0.39 is 0 Å². The number of allylic oxidation sites excluding steroid dienone is 2. The fourth-order valence-electron chi connectivity index (χ4n) is 12.5. The van der Waals surface area contributed by atoms with Crippen LogP contribution in [-0.2, 0) is 0 Å². The molecule has 0 fully saturated rings. The van der Waals surface area contributed by atoms with Crippen molar-refractivity contribution in [3.63, 3.8) is 0 Å². The fraction of sp³-hybridized carbons (Fsp3) is 0.0149. The van der Waals surface area contributed by atoms with Gasteiger partial charge in [-0.3, -0.25) is 0 Å². The Bertz CT molecular complexity index is 4950. The lowest BCUT2D eigenvalue weighted by atomic mass is 10.0. The van der Waals surface area contributed by atoms with Gasteiger partial charge in [-0.05, 0) is 91.3 Å². The van der Waals surface area contributed by atoms with E-state index >= 15 is 0 Å². The van der Waals surface area contributed by atoms with E-state index in [2.05, 4.69) is 244 Å². The average molecular weight is 967 g/mol. The largest absolute Gasteiger partial charge is 0.308 e. The van der Waals surface area contributed by atoms with Gasteiger partial charge >= 0.3 is 0 Å². The number of hydrogen-bond acceptors (Lipinski definition) is 4. The Morgan fingerprint density at radius 3 is 1.44 bits per heavy atom. The van der Waals surface area contributed by atoms with Crippen LogP contribution in [-0.4, -0.2) is 8.80 Å². The summed E-state index contributed by atoms with van der Waals surface area (Å²) in [6.45, 7) is 6.20. The number of rotatable bonds is 8. The first-order chi connectivity index (χ1) is 36.1. The summed E-state index contributed by atoms with van der Waals surface area (Å²) in [7, 11) is 0. The van der Waals surface area contributed by atoms with Crippen LogP contribution in [0.5, 0.6) is 0 Å². The van der Waals surface area contributed by atoms with Crippen LogP contribution in [0.2, 0.25) is 0 Å². The van der Waals surface area contributed by atoms with E-state index in [0.29, 0.717) is 0 Å².